The summed E-state index contributed by atoms with van der Waals surface area (Å²) in [7, 11) is 0. The van der Waals surface area contributed by atoms with Crippen molar-refractivity contribution in [1.29, 1.82) is 0 Å². The number of pyridine rings is 1. The number of nitrogens with one attached hydrogen (secondary N) is 1. The van der Waals surface area contributed by atoms with Crippen molar-refractivity contribution < 1.29 is 9.59 Å². The number of anilines is 1. The molecule has 2 amide bonds. The zero-order valence-corrected chi connectivity index (χ0v) is 24.1. The van der Waals surface area contributed by atoms with E-state index in [1.807, 2.05) is 35.2 Å². The van der Waals surface area contributed by atoms with Gasteiger partial charge in [-0.05, 0) is 96.0 Å². The molecule has 2 aromatic carbocycles. The van der Waals surface area contributed by atoms with E-state index in [4.69, 9.17) is 5.73 Å². The average molecular weight is 551 g/mol. The first kappa shape index (κ1) is 27.3. The Hall–Kier alpha value is -4.23. The van der Waals surface area contributed by atoms with Gasteiger partial charge in [-0.3, -0.25) is 9.59 Å². The number of likely N-dealkylation sites (tertiary alicyclic amines) is 1. The van der Waals surface area contributed by atoms with Crippen LogP contribution >= 0.6 is 11.3 Å². The van der Waals surface area contributed by atoms with Crippen LogP contribution in [0.2, 0.25) is 0 Å². The highest BCUT2D eigenvalue weighted by Gasteiger charge is 2.27. The second-order valence-electron chi connectivity index (χ2n) is 10.6. The number of benzene rings is 2. The van der Waals surface area contributed by atoms with Gasteiger partial charge in [0.05, 0.1) is 6.54 Å². The van der Waals surface area contributed by atoms with Gasteiger partial charge in [0.2, 0.25) is 5.91 Å². The van der Waals surface area contributed by atoms with Crippen LogP contribution in [-0.2, 0) is 11.3 Å². The van der Waals surface area contributed by atoms with Crippen molar-refractivity contribution in [3.63, 3.8) is 0 Å². The predicted octanol–water partition coefficient (Wildman–Crippen LogP) is 6.41. The normalized spacial score (nSPS) is 13.4. The van der Waals surface area contributed by atoms with Crippen molar-refractivity contribution in [2.75, 3.05) is 18.8 Å². The van der Waals surface area contributed by atoms with Crippen LogP contribution in [0.15, 0.2) is 66.9 Å². The second-order valence-corrected chi connectivity index (χ2v) is 11.7. The second kappa shape index (κ2) is 11.5. The van der Waals surface area contributed by atoms with Gasteiger partial charge in [0.1, 0.15) is 5.82 Å². The summed E-state index contributed by atoms with van der Waals surface area (Å²) in [6, 6.07) is 18.0. The lowest BCUT2D eigenvalue weighted by Gasteiger charge is -2.37. The lowest BCUT2D eigenvalue weighted by molar-refractivity contribution is -0.116. The van der Waals surface area contributed by atoms with E-state index in [0.717, 1.165) is 40.2 Å². The van der Waals surface area contributed by atoms with Crippen LogP contribution in [0.1, 0.15) is 44.4 Å². The first-order valence-electron chi connectivity index (χ1n) is 13.5. The van der Waals surface area contributed by atoms with Gasteiger partial charge in [-0.15, -0.1) is 11.3 Å². The zero-order chi connectivity index (χ0) is 28.4. The number of aromatic nitrogens is 1. The molecule has 0 atom stereocenters. The molecule has 3 heterocycles. The van der Waals surface area contributed by atoms with E-state index in [1.165, 1.54) is 33.2 Å². The van der Waals surface area contributed by atoms with Crippen LogP contribution in [0.4, 0.5) is 5.82 Å². The van der Waals surface area contributed by atoms with Crippen LogP contribution < -0.4 is 11.1 Å². The summed E-state index contributed by atoms with van der Waals surface area (Å²) < 4.78 is 0. The molecule has 1 fully saturated rings. The summed E-state index contributed by atoms with van der Waals surface area (Å²) in [6.07, 6.45) is 4.88. The number of hydrogen-bond donors (Lipinski definition) is 2. The largest absolute Gasteiger partial charge is 0.384 e. The summed E-state index contributed by atoms with van der Waals surface area (Å²) in [6.45, 7) is 10.7. The Labute approximate surface area is 239 Å². The van der Waals surface area contributed by atoms with E-state index >= 15 is 0 Å². The van der Waals surface area contributed by atoms with Crippen LogP contribution in [0, 0.1) is 26.7 Å². The molecule has 204 valence electrons. The van der Waals surface area contributed by atoms with Crippen LogP contribution in [0.3, 0.4) is 0 Å². The first-order valence-corrected chi connectivity index (χ1v) is 14.3. The molecule has 0 unspecified atom stereocenters. The lowest BCUT2D eigenvalue weighted by atomic mass is 9.96. The molecule has 3 N–H and O–H groups in total. The smallest absolute Gasteiger partial charge is 0.253 e. The van der Waals surface area contributed by atoms with Gasteiger partial charge in [-0.2, -0.15) is 0 Å². The molecule has 5 rings (SSSR count). The van der Waals surface area contributed by atoms with Gasteiger partial charge < -0.3 is 16.0 Å². The van der Waals surface area contributed by atoms with E-state index in [0.29, 0.717) is 18.3 Å². The molecule has 2 aromatic heterocycles. The minimum Gasteiger partial charge on any atom is -0.384 e. The van der Waals surface area contributed by atoms with Gasteiger partial charge >= 0.3 is 0 Å². The summed E-state index contributed by atoms with van der Waals surface area (Å²) in [5, 5.41) is 3.00. The van der Waals surface area contributed by atoms with E-state index in [2.05, 4.69) is 56.2 Å². The molecule has 1 aliphatic heterocycles. The van der Waals surface area contributed by atoms with Crippen molar-refractivity contribution in [2.45, 2.75) is 34.2 Å². The van der Waals surface area contributed by atoms with Crippen LogP contribution in [-0.4, -0.2) is 34.8 Å². The highest BCUT2D eigenvalue weighted by molar-refractivity contribution is 7.16. The summed E-state index contributed by atoms with van der Waals surface area (Å²) >= 11 is 1.72. The Morgan fingerprint density at radius 1 is 1.02 bits per heavy atom. The number of nitrogens with two attached hydrogens (primary N) is 1. The van der Waals surface area contributed by atoms with Gasteiger partial charge in [0.25, 0.3) is 5.91 Å². The summed E-state index contributed by atoms with van der Waals surface area (Å²) in [5.74, 6) is 1.000. The molecule has 0 bridgehead atoms. The predicted molar refractivity (Wildman–Crippen MR) is 164 cm³/mol. The quantitative estimate of drug-likeness (QED) is 0.261. The van der Waals surface area contributed by atoms with E-state index in [-0.39, 0.29) is 11.8 Å². The van der Waals surface area contributed by atoms with Crippen molar-refractivity contribution in [3.05, 3.63) is 99.6 Å². The van der Waals surface area contributed by atoms with E-state index < -0.39 is 0 Å². The van der Waals surface area contributed by atoms with Crippen molar-refractivity contribution in [1.82, 2.24) is 15.2 Å². The highest BCUT2D eigenvalue weighted by Crippen LogP contribution is 2.38. The average Bonchev–Trinajstić information content (AvgIpc) is 3.22. The van der Waals surface area contributed by atoms with Crippen LogP contribution in [0.25, 0.3) is 27.6 Å². The molecule has 0 aliphatic carbocycles. The maximum atomic E-state index is 12.6. The zero-order valence-electron chi connectivity index (χ0n) is 23.3. The molecule has 1 aliphatic rings. The fourth-order valence-corrected chi connectivity index (χ4v) is 6.29. The fraction of sp³-hybridized carbons (Fsp3) is 0.242. The minimum absolute atomic E-state index is 0.113. The molecule has 1 saturated heterocycles. The number of hydrogen-bond acceptors (Lipinski definition) is 5. The molecule has 6 nitrogen and oxygen atoms in total. The Morgan fingerprint density at radius 2 is 1.75 bits per heavy atom. The summed E-state index contributed by atoms with van der Waals surface area (Å²) in [4.78, 5) is 33.3. The van der Waals surface area contributed by atoms with Gasteiger partial charge in [0, 0.05) is 40.7 Å². The Kier molecular flexibility index (Phi) is 7.85. The topological polar surface area (TPSA) is 88.3 Å². The molecule has 4 aromatic rings. The third-order valence-corrected chi connectivity index (χ3v) is 8.92. The SMILES string of the molecule is Cc1cc(-c2ccc(C(=O)N3CC(C)C3)cc2)ccc1-c1sc(CNC(=O)/C=C/c2ccc(N)nc2)c(C)c1C. The van der Waals surface area contributed by atoms with Crippen LogP contribution in [0.5, 0.6) is 0 Å². The van der Waals surface area contributed by atoms with E-state index in [1.54, 1.807) is 29.7 Å². The molecule has 0 radical (unpaired) electrons. The highest BCUT2D eigenvalue weighted by atomic mass is 32.1. The number of carbonyl (C=O) groups is 2. The van der Waals surface area contributed by atoms with Gasteiger partial charge in [0.15, 0.2) is 0 Å². The Balaban J connectivity index is 1.27. The molecule has 7 heteroatoms. The number of thiophene rings is 1. The Bertz CT molecular complexity index is 1580. The molecule has 40 heavy (non-hydrogen) atoms. The van der Waals surface area contributed by atoms with Crippen molar-refractivity contribution >= 4 is 35.0 Å². The third kappa shape index (κ3) is 5.84. The number of nitrogen functional groups attached to an aromatic ring is 1. The molecule has 0 spiro atoms. The minimum atomic E-state index is -0.156. The number of rotatable bonds is 7. The molecule has 0 saturated carbocycles. The molecular formula is C33H34N4O2S. The van der Waals surface area contributed by atoms with Gasteiger partial charge in [-0.1, -0.05) is 37.3 Å². The lowest BCUT2D eigenvalue weighted by Crippen LogP contribution is -2.48. The Morgan fingerprint density at radius 3 is 2.40 bits per heavy atom. The number of amides is 2. The number of aryl methyl sites for hydroxylation is 1. The molecular weight excluding hydrogens is 516 g/mol. The third-order valence-electron chi connectivity index (χ3n) is 7.49. The number of carbonyl (C=O) groups excluding carboxylic acids is 2. The number of nitrogens with zero attached hydrogens (tertiary/aromatic N) is 2. The maximum absolute atomic E-state index is 12.6. The van der Waals surface area contributed by atoms with E-state index in [9.17, 15) is 9.59 Å². The first-order chi connectivity index (χ1) is 19.2. The standard InChI is InChI=1S/C33H34N4O2S/c1-20-18-37(19-20)33(39)26-9-7-25(8-10-26)27-11-12-28(21(2)15-27)32-23(4)22(3)29(40-32)17-36-31(38)14-6-24-5-13-30(34)35-16-24/h5-16,20H,17-19H2,1-4H3,(H2,34,35)(H,36,38)/b14-6+. The van der Waals surface area contributed by atoms with Crippen molar-refractivity contribution in [2.24, 2.45) is 5.92 Å². The van der Waals surface area contributed by atoms with Gasteiger partial charge in [-0.25, -0.2) is 4.98 Å². The maximum Gasteiger partial charge on any atom is 0.253 e. The van der Waals surface area contributed by atoms with Crippen molar-refractivity contribution in [3.8, 4) is 21.6 Å². The fourth-order valence-electron chi connectivity index (χ4n) is 4.95. The summed E-state index contributed by atoms with van der Waals surface area (Å²) in [5.41, 5.74) is 14.2. The monoisotopic (exact) mass is 550 g/mol.